The second kappa shape index (κ2) is 8.30. The maximum Gasteiger partial charge on any atom is 0.295 e. The molecule has 4 rings (SSSR count). The fraction of sp³-hybridized carbons (Fsp3) is 0.0870. The Morgan fingerprint density at radius 3 is 2.40 bits per heavy atom. The Morgan fingerprint density at radius 2 is 1.70 bits per heavy atom. The van der Waals surface area contributed by atoms with Gasteiger partial charge in [0.05, 0.1) is 16.4 Å². The third-order valence-electron chi connectivity index (χ3n) is 4.62. The van der Waals surface area contributed by atoms with Crippen LogP contribution in [-0.4, -0.2) is 20.7 Å². The van der Waals surface area contributed by atoms with E-state index in [9.17, 15) is 4.79 Å². The number of aryl methyl sites for hydroxylation is 2. The number of rotatable bonds is 4. The number of halogens is 2. The van der Waals surface area contributed by atoms with Gasteiger partial charge in [-0.15, -0.1) is 5.10 Å². The van der Waals surface area contributed by atoms with Gasteiger partial charge in [0.1, 0.15) is 0 Å². The number of carbonyl (C=O) groups is 1. The third-order valence-corrected chi connectivity index (χ3v) is 5.19. The van der Waals surface area contributed by atoms with Gasteiger partial charge in [0.25, 0.3) is 5.91 Å². The topological polar surface area (TPSA) is 59.8 Å². The van der Waals surface area contributed by atoms with Crippen LogP contribution >= 0.6 is 23.2 Å². The summed E-state index contributed by atoms with van der Waals surface area (Å²) in [7, 11) is 0. The molecule has 5 nitrogen and oxygen atoms in total. The highest BCUT2D eigenvalue weighted by molar-refractivity contribution is 6.34. The van der Waals surface area contributed by atoms with Crippen molar-refractivity contribution in [3.8, 4) is 17.1 Å². The normalized spacial score (nSPS) is 10.8. The second-order valence-corrected chi connectivity index (χ2v) is 7.75. The minimum absolute atomic E-state index is 0.0424. The number of para-hydroxylation sites is 1. The van der Waals surface area contributed by atoms with Crippen molar-refractivity contribution in [1.82, 2.24) is 14.8 Å². The molecule has 3 aromatic carbocycles. The number of amides is 1. The molecule has 0 saturated heterocycles. The summed E-state index contributed by atoms with van der Waals surface area (Å²) >= 11 is 12.3. The maximum absolute atomic E-state index is 12.9. The van der Waals surface area contributed by atoms with Crippen LogP contribution < -0.4 is 5.32 Å². The van der Waals surface area contributed by atoms with Gasteiger partial charge in [-0.2, -0.15) is 0 Å². The lowest BCUT2D eigenvalue weighted by atomic mass is 10.2. The van der Waals surface area contributed by atoms with E-state index in [1.54, 1.807) is 22.9 Å². The molecule has 1 N–H and O–H groups in total. The van der Waals surface area contributed by atoms with Gasteiger partial charge in [-0.25, -0.2) is 9.67 Å². The Labute approximate surface area is 184 Å². The molecule has 1 amide bonds. The van der Waals surface area contributed by atoms with Crippen LogP contribution in [0, 0.1) is 13.8 Å². The third kappa shape index (κ3) is 4.08. The smallest absolute Gasteiger partial charge is 0.295 e. The predicted molar refractivity (Wildman–Crippen MR) is 121 cm³/mol. The van der Waals surface area contributed by atoms with Gasteiger partial charge in [0, 0.05) is 10.6 Å². The van der Waals surface area contributed by atoms with Crippen molar-refractivity contribution in [2.75, 3.05) is 5.32 Å². The summed E-state index contributed by atoms with van der Waals surface area (Å²) in [4.78, 5) is 17.5. The van der Waals surface area contributed by atoms with E-state index >= 15 is 0 Å². The highest BCUT2D eigenvalue weighted by Gasteiger charge is 2.20. The molecule has 0 bridgehead atoms. The van der Waals surface area contributed by atoms with Crippen LogP contribution in [0.4, 0.5) is 5.69 Å². The molecule has 0 saturated carbocycles. The van der Waals surface area contributed by atoms with Crippen LogP contribution in [0.5, 0.6) is 0 Å². The molecule has 0 unspecified atom stereocenters. The zero-order chi connectivity index (χ0) is 21.3. The number of hydrogen-bond acceptors (Lipinski definition) is 3. The van der Waals surface area contributed by atoms with E-state index in [2.05, 4.69) is 15.4 Å². The Hall–Kier alpha value is -3.15. The van der Waals surface area contributed by atoms with E-state index in [-0.39, 0.29) is 5.82 Å². The van der Waals surface area contributed by atoms with Gasteiger partial charge in [-0.3, -0.25) is 4.79 Å². The van der Waals surface area contributed by atoms with E-state index in [1.165, 1.54) is 0 Å². The molecular formula is C23H18Cl2N4O. The molecule has 0 aliphatic rings. The Kier molecular flexibility index (Phi) is 5.57. The van der Waals surface area contributed by atoms with E-state index < -0.39 is 5.91 Å². The minimum atomic E-state index is -0.437. The number of nitrogens with zero attached hydrogens (tertiary/aromatic N) is 3. The fourth-order valence-electron chi connectivity index (χ4n) is 3.09. The first-order chi connectivity index (χ1) is 14.4. The summed E-state index contributed by atoms with van der Waals surface area (Å²) in [6.45, 7) is 3.87. The largest absolute Gasteiger partial charge is 0.318 e. The monoisotopic (exact) mass is 436 g/mol. The summed E-state index contributed by atoms with van der Waals surface area (Å²) in [5.41, 5.74) is 4.07. The molecule has 0 atom stereocenters. The molecule has 0 aliphatic heterocycles. The number of anilines is 1. The average Bonchev–Trinajstić information content (AvgIpc) is 3.17. The quantitative estimate of drug-likeness (QED) is 0.419. The van der Waals surface area contributed by atoms with E-state index in [0.717, 1.165) is 22.4 Å². The predicted octanol–water partition coefficient (Wildman–Crippen LogP) is 6.11. The first-order valence-corrected chi connectivity index (χ1v) is 10.0. The summed E-state index contributed by atoms with van der Waals surface area (Å²) in [5.74, 6) is 0.145. The Balaban J connectivity index is 1.78. The lowest BCUT2D eigenvalue weighted by molar-refractivity contribution is 0.101. The van der Waals surface area contributed by atoms with Crippen molar-refractivity contribution in [2.45, 2.75) is 13.8 Å². The number of nitrogens with one attached hydrogen (secondary N) is 1. The van der Waals surface area contributed by atoms with Gasteiger partial charge < -0.3 is 5.32 Å². The molecule has 4 aromatic rings. The zero-order valence-corrected chi connectivity index (χ0v) is 17.9. The Morgan fingerprint density at radius 1 is 0.967 bits per heavy atom. The zero-order valence-electron chi connectivity index (χ0n) is 16.4. The molecule has 150 valence electrons. The van der Waals surface area contributed by atoms with E-state index in [1.807, 2.05) is 62.4 Å². The van der Waals surface area contributed by atoms with Crippen LogP contribution in [0.3, 0.4) is 0 Å². The van der Waals surface area contributed by atoms with E-state index in [0.29, 0.717) is 21.6 Å². The number of aromatic nitrogens is 3. The van der Waals surface area contributed by atoms with Gasteiger partial charge in [-0.1, -0.05) is 47.5 Å². The summed E-state index contributed by atoms with van der Waals surface area (Å²) in [6, 6.07) is 20.5. The molecule has 0 spiro atoms. The fourth-order valence-corrected chi connectivity index (χ4v) is 3.49. The molecule has 0 fully saturated rings. The number of hydrogen-bond donors (Lipinski definition) is 1. The first-order valence-electron chi connectivity index (χ1n) is 9.29. The molecule has 7 heteroatoms. The van der Waals surface area contributed by atoms with Crippen LogP contribution in [-0.2, 0) is 0 Å². The highest BCUT2D eigenvalue weighted by Crippen LogP contribution is 2.27. The summed E-state index contributed by atoms with van der Waals surface area (Å²) in [5, 5.41) is 8.40. The highest BCUT2D eigenvalue weighted by atomic mass is 35.5. The van der Waals surface area contributed by atoms with Crippen molar-refractivity contribution < 1.29 is 4.79 Å². The molecule has 0 aliphatic carbocycles. The lowest BCUT2D eigenvalue weighted by Crippen LogP contribution is -2.15. The van der Waals surface area contributed by atoms with Crippen LogP contribution in [0.1, 0.15) is 21.7 Å². The van der Waals surface area contributed by atoms with Crippen molar-refractivity contribution in [3.63, 3.8) is 0 Å². The molecular weight excluding hydrogens is 419 g/mol. The SMILES string of the molecule is Cc1cccc(-n2nc(C(=O)Nc3c(C)cccc3Cl)nc2-c2ccc(Cl)cc2)c1. The van der Waals surface area contributed by atoms with Crippen molar-refractivity contribution in [3.05, 3.63) is 93.7 Å². The van der Waals surface area contributed by atoms with Gasteiger partial charge in [-0.05, 0) is 67.4 Å². The van der Waals surface area contributed by atoms with E-state index in [4.69, 9.17) is 23.2 Å². The summed E-state index contributed by atoms with van der Waals surface area (Å²) in [6.07, 6.45) is 0. The van der Waals surface area contributed by atoms with Gasteiger partial charge >= 0.3 is 0 Å². The first kappa shape index (κ1) is 20.1. The van der Waals surface area contributed by atoms with Gasteiger partial charge in [0.15, 0.2) is 5.82 Å². The van der Waals surface area contributed by atoms with Crippen LogP contribution in [0.25, 0.3) is 17.1 Å². The molecule has 1 heterocycles. The minimum Gasteiger partial charge on any atom is -0.318 e. The van der Waals surface area contributed by atoms with Crippen molar-refractivity contribution in [2.24, 2.45) is 0 Å². The summed E-state index contributed by atoms with van der Waals surface area (Å²) < 4.78 is 1.66. The van der Waals surface area contributed by atoms with Gasteiger partial charge in [0.2, 0.25) is 5.82 Å². The standard InChI is InChI=1S/C23H18Cl2N4O/c1-14-5-3-7-18(13-14)29-22(16-9-11-17(24)12-10-16)27-21(28-29)23(30)26-20-15(2)6-4-8-19(20)25/h3-13H,1-2H3,(H,26,30). The molecule has 1 aromatic heterocycles. The maximum atomic E-state index is 12.9. The molecule has 0 radical (unpaired) electrons. The number of benzene rings is 3. The number of carbonyl (C=O) groups excluding carboxylic acids is 1. The van der Waals surface area contributed by atoms with Crippen molar-refractivity contribution >= 4 is 34.8 Å². The van der Waals surface area contributed by atoms with Crippen molar-refractivity contribution in [1.29, 1.82) is 0 Å². The Bertz CT molecular complexity index is 1210. The van der Waals surface area contributed by atoms with Crippen LogP contribution in [0.2, 0.25) is 10.0 Å². The van der Waals surface area contributed by atoms with Crippen LogP contribution in [0.15, 0.2) is 66.7 Å². The average molecular weight is 437 g/mol. The molecule has 30 heavy (non-hydrogen) atoms. The second-order valence-electron chi connectivity index (χ2n) is 6.90. The lowest BCUT2D eigenvalue weighted by Gasteiger charge is -2.08.